The van der Waals surface area contributed by atoms with Gasteiger partial charge in [-0.3, -0.25) is 0 Å². The second-order valence-corrected chi connectivity index (χ2v) is 12.6. The molecule has 0 saturated heterocycles. The standard InChI is InChI=1S/C29H32O2Si/c1-20-21(2)23(4)29(22(20)3)32(26-10-8-7-9-11-26,27-16-12-24(30-5)13-17-27)28-18-14-25(31-6)15-19-28/h7-19,29H,1-6H3. The van der Waals surface area contributed by atoms with Gasteiger partial charge in [-0.25, -0.2) is 0 Å². The Morgan fingerprint density at radius 3 is 1.28 bits per heavy atom. The summed E-state index contributed by atoms with van der Waals surface area (Å²) in [5.74, 6) is 1.77. The fourth-order valence-corrected chi connectivity index (χ4v) is 11.2. The zero-order valence-corrected chi connectivity index (χ0v) is 20.9. The van der Waals surface area contributed by atoms with Crippen LogP contribution in [0.3, 0.4) is 0 Å². The van der Waals surface area contributed by atoms with Crippen molar-refractivity contribution >= 4 is 23.6 Å². The molecule has 0 aromatic heterocycles. The number of methoxy groups -OCH3 is 2. The summed E-state index contributed by atoms with van der Waals surface area (Å²) < 4.78 is 11.0. The summed E-state index contributed by atoms with van der Waals surface area (Å²) in [6.45, 7) is 9.22. The fourth-order valence-electron chi connectivity index (χ4n) is 5.41. The first-order valence-corrected chi connectivity index (χ1v) is 13.2. The smallest absolute Gasteiger partial charge is 0.159 e. The van der Waals surface area contributed by atoms with Crippen LogP contribution < -0.4 is 25.0 Å². The van der Waals surface area contributed by atoms with E-state index in [1.54, 1.807) is 14.2 Å². The molecule has 0 saturated carbocycles. The van der Waals surface area contributed by atoms with Crippen LogP contribution in [0, 0.1) is 0 Å². The largest absolute Gasteiger partial charge is 0.497 e. The highest BCUT2D eigenvalue weighted by Gasteiger charge is 2.50. The Morgan fingerprint density at radius 1 is 0.531 bits per heavy atom. The van der Waals surface area contributed by atoms with Crippen molar-refractivity contribution in [1.82, 2.24) is 0 Å². The maximum Gasteiger partial charge on any atom is 0.159 e. The molecule has 3 aromatic rings. The van der Waals surface area contributed by atoms with Crippen molar-refractivity contribution in [1.29, 1.82) is 0 Å². The van der Waals surface area contributed by atoms with Gasteiger partial charge in [-0.05, 0) is 78.7 Å². The van der Waals surface area contributed by atoms with E-state index in [0.717, 1.165) is 11.5 Å². The lowest BCUT2D eigenvalue weighted by Crippen LogP contribution is -2.70. The van der Waals surface area contributed by atoms with Crippen LogP contribution >= 0.6 is 0 Å². The SMILES string of the molecule is COc1ccc([Si](c2ccccc2)(c2ccc(OC)cc2)C2C(C)=C(C)C(C)=C2C)cc1. The maximum absolute atomic E-state index is 5.51. The molecule has 164 valence electrons. The Kier molecular flexibility index (Phi) is 6.12. The number of benzene rings is 3. The van der Waals surface area contributed by atoms with E-state index in [-0.39, 0.29) is 0 Å². The monoisotopic (exact) mass is 440 g/mol. The van der Waals surface area contributed by atoms with Gasteiger partial charge in [0, 0.05) is 5.54 Å². The van der Waals surface area contributed by atoms with Gasteiger partial charge in [-0.15, -0.1) is 0 Å². The predicted octanol–water partition coefficient (Wildman–Crippen LogP) is 5.23. The van der Waals surface area contributed by atoms with Gasteiger partial charge in [0.15, 0.2) is 8.07 Å². The predicted molar refractivity (Wildman–Crippen MR) is 138 cm³/mol. The molecule has 0 fully saturated rings. The van der Waals surface area contributed by atoms with Crippen LogP contribution in [-0.2, 0) is 0 Å². The quantitative estimate of drug-likeness (QED) is 0.386. The molecule has 0 unspecified atom stereocenters. The Labute approximate surface area is 193 Å². The molecule has 3 aromatic carbocycles. The highest BCUT2D eigenvalue weighted by Crippen LogP contribution is 2.46. The lowest BCUT2D eigenvalue weighted by molar-refractivity contribution is 0.415. The number of ether oxygens (including phenoxy) is 2. The summed E-state index contributed by atoms with van der Waals surface area (Å²) >= 11 is 0. The number of hydrogen-bond acceptors (Lipinski definition) is 2. The Hall–Kier alpha value is -3.04. The zero-order chi connectivity index (χ0) is 22.9. The molecule has 32 heavy (non-hydrogen) atoms. The summed E-state index contributed by atoms with van der Waals surface area (Å²) in [4.78, 5) is 0. The van der Waals surface area contributed by atoms with E-state index in [4.69, 9.17) is 9.47 Å². The first-order valence-electron chi connectivity index (χ1n) is 11.1. The highest BCUT2D eigenvalue weighted by molar-refractivity contribution is 7.13. The van der Waals surface area contributed by atoms with Crippen LogP contribution in [0.15, 0.2) is 101 Å². The number of allylic oxidation sites excluding steroid dienone is 4. The molecule has 0 radical (unpaired) electrons. The van der Waals surface area contributed by atoms with Crippen molar-refractivity contribution in [2.24, 2.45) is 0 Å². The summed E-state index contributed by atoms with van der Waals surface area (Å²) in [6, 6.07) is 28.7. The third kappa shape index (κ3) is 3.41. The third-order valence-corrected chi connectivity index (χ3v) is 12.8. The minimum Gasteiger partial charge on any atom is -0.497 e. The molecule has 2 nitrogen and oxygen atoms in total. The minimum absolute atomic E-state index is 0.353. The van der Waals surface area contributed by atoms with Gasteiger partial charge in [0.2, 0.25) is 0 Å². The van der Waals surface area contributed by atoms with Gasteiger partial charge in [0.05, 0.1) is 14.2 Å². The molecule has 3 heteroatoms. The van der Waals surface area contributed by atoms with Crippen molar-refractivity contribution in [2.75, 3.05) is 14.2 Å². The van der Waals surface area contributed by atoms with Crippen molar-refractivity contribution in [3.63, 3.8) is 0 Å². The van der Waals surface area contributed by atoms with Crippen molar-refractivity contribution in [2.45, 2.75) is 33.2 Å². The zero-order valence-electron chi connectivity index (χ0n) is 19.9. The Balaban J connectivity index is 2.11. The molecule has 1 aliphatic carbocycles. The first kappa shape index (κ1) is 22.2. The molecule has 0 spiro atoms. The van der Waals surface area contributed by atoms with Crippen LogP contribution in [0.5, 0.6) is 11.5 Å². The van der Waals surface area contributed by atoms with Crippen LogP contribution in [-0.4, -0.2) is 22.3 Å². The van der Waals surface area contributed by atoms with E-state index in [1.807, 2.05) is 0 Å². The molecule has 0 atom stereocenters. The van der Waals surface area contributed by atoms with Crippen LogP contribution in [0.2, 0.25) is 5.54 Å². The minimum atomic E-state index is -2.50. The molecule has 0 N–H and O–H groups in total. The number of rotatable bonds is 6. The second-order valence-electron chi connectivity index (χ2n) is 8.68. The molecule has 0 aliphatic heterocycles. The molecule has 1 aliphatic rings. The Morgan fingerprint density at radius 2 is 0.906 bits per heavy atom. The van der Waals surface area contributed by atoms with E-state index >= 15 is 0 Å². The fraction of sp³-hybridized carbons (Fsp3) is 0.241. The lowest BCUT2D eigenvalue weighted by atomic mass is 10.1. The Bertz CT molecular complexity index is 1080. The van der Waals surface area contributed by atoms with Gasteiger partial charge >= 0.3 is 0 Å². The van der Waals surface area contributed by atoms with Crippen LogP contribution in [0.1, 0.15) is 27.7 Å². The van der Waals surface area contributed by atoms with E-state index < -0.39 is 8.07 Å². The summed E-state index contributed by atoms with van der Waals surface area (Å²) in [6.07, 6.45) is 0. The summed E-state index contributed by atoms with van der Waals surface area (Å²) in [7, 11) is 0.953. The van der Waals surface area contributed by atoms with Gasteiger partial charge in [0.1, 0.15) is 11.5 Å². The van der Waals surface area contributed by atoms with Gasteiger partial charge in [-0.1, -0.05) is 65.7 Å². The van der Waals surface area contributed by atoms with Crippen LogP contribution in [0.4, 0.5) is 0 Å². The van der Waals surface area contributed by atoms with E-state index in [1.165, 1.54) is 37.9 Å². The third-order valence-electron chi connectivity index (χ3n) is 7.36. The molecule has 4 rings (SSSR count). The molecule has 0 bridgehead atoms. The molecule has 0 heterocycles. The van der Waals surface area contributed by atoms with Crippen LogP contribution in [0.25, 0.3) is 0 Å². The van der Waals surface area contributed by atoms with Gasteiger partial charge < -0.3 is 9.47 Å². The second kappa shape index (κ2) is 8.83. The normalized spacial score (nSPS) is 14.8. The maximum atomic E-state index is 5.51. The molecule has 0 amide bonds. The van der Waals surface area contributed by atoms with Crippen molar-refractivity contribution < 1.29 is 9.47 Å². The molecular formula is C29H32O2Si. The highest BCUT2D eigenvalue weighted by atomic mass is 28.3. The summed E-state index contributed by atoms with van der Waals surface area (Å²) in [5.41, 5.74) is 6.20. The van der Waals surface area contributed by atoms with E-state index in [9.17, 15) is 0 Å². The van der Waals surface area contributed by atoms with Gasteiger partial charge in [-0.2, -0.15) is 0 Å². The summed E-state index contributed by atoms with van der Waals surface area (Å²) in [5, 5.41) is 4.20. The van der Waals surface area contributed by atoms with Gasteiger partial charge in [0.25, 0.3) is 0 Å². The van der Waals surface area contributed by atoms with Crippen molar-refractivity contribution in [3.8, 4) is 11.5 Å². The van der Waals surface area contributed by atoms with E-state index in [0.29, 0.717) is 5.54 Å². The van der Waals surface area contributed by atoms with E-state index in [2.05, 4.69) is 107 Å². The number of hydrogen-bond donors (Lipinski definition) is 0. The topological polar surface area (TPSA) is 18.5 Å². The average Bonchev–Trinajstić information content (AvgIpc) is 3.04. The average molecular weight is 441 g/mol. The van der Waals surface area contributed by atoms with Crippen molar-refractivity contribution in [3.05, 3.63) is 101 Å². The lowest BCUT2D eigenvalue weighted by Gasteiger charge is -2.41. The molecular weight excluding hydrogens is 408 g/mol. The first-order chi connectivity index (χ1) is 15.4.